The number of aromatic nitrogens is 1. The minimum absolute atomic E-state index is 0.0647. The van der Waals surface area contributed by atoms with Crippen LogP contribution in [0, 0.1) is 0 Å². The number of thiophene rings is 2. The maximum atomic E-state index is 12.6. The van der Waals surface area contributed by atoms with Gasteiger partial charge in [0.1, 0.15) is 4.88 Å². The standard InChI is InChI=1S/C15H14N2OS2/c1-16(10-12-4-8-19-11-12)15(18)14-13(5-9-20-14)17-6-2-3-7-17/h2-9,11H,10H2,1H3. The number of carbonyl (C=O) groups excluding carboxylic acids is 1. The van der Waals surface area contributed by atoms with Crippen molar-refractivity contribution < 1.29 is 4.79 Å². The summed E-state index contributed by atoms with van der Waals surface area (Å²) in [7, 11) is 1.85. The molecule has 5 heteroatoms. The zero-order chi connectivity index (χ0) is 13.9. The van der Waals surface area contributed by atoms with E-state index >= 15 is 0 Å². The number of rotatable bonds is 4. The van der Waals surface area contributed by atoms with Crippen LogP contribution in [0.4, 0.5) is 0 Å². The molecule has 3 heterocycles. The van der Waals surface area contributed by atoms with Crippen molar-refractivity contribution in [1.82, 2.24) is 9.47 Å². The van der Waals surface area contributed by atoms with E-state index in [2.05, 4.69) is 11.4 Å². The molecule has 0 saturated heterocycles. The number of hydrogen-bond acceptors (Lipinski definition) is 3. The Morgan fingerprint density at radius 1 is 1.25 bits per heavy atom. The second kappa shape index (κ2) is 5.64. The van der Waals surface area contributed by atoms with E-state index in [0.717, 1.165) is 10.6 Å². The number of hydrogen-bond donors (Lipinski definition) is 0. The fourth-order valence-corrected chi connectivity index (χ4v) is 3.61. The highest BCUT2D eigenvalue weighted by Crippen LogP contribution is 2.23. The molecule has 0 atom stereocenters. The largest absolute Gasteiger partial charge is 0.337 e. The smallest absolute Gasteiger partial charge is 0.266 e. The minimum atomic E-state index is 0.0647. The summed E-state index contributed by atoms with van der Waals surface area (Å²) in [6, 6.07) is 7.95. The first kappa shape index (κ1) is 13.1. The SMILES string of the molecule is CN(Cc1ccsc1)C(=O)c1sccc1-n1cccc1. The van der Waals surface area contributed by atoms with Crippen molar-refractivity contribution in [3.8, 4) is 5.69 Å². The topological polar surface area (TPSA) is 25.2 Å². The summed E-state index contributed by atoms with van der Waals surface area (Å²) in [6.45, 7) is 0.644. The average Bonchev–Trinajstić information content (AvgIpc) is 3.18. The molecular weight excluding hydrogens is 288 g/mol. The Morgan fingerprint density at radius 3 is 2.75 bits per heavy atom. The van der Waals surface area contributed by atoms with Crippen LogP contribution < -0.4 is 0 Å². The molecule has 0 aromatic carbocycles. The zero-order valence-corrected chi connectivity index (χ0v) is 12.7. The van der Waals surface area contributed by atoms with Gasteiger partial charge >= 0.3 is 0 Å². The molecule has 3 nitrogen and oxygen atoms in total. The molecule has 20 heavy (non-hydrogen) atoms. The third kappa shape index (κ3) is 2.55. The van der Waals surface area contributed by atoms with Gasteiger partial charge in [-0.25, -0.2) is 0 Å². The van der Waals surface area contributed by atoms with Gasteiger partial charge < -0.3 is 9.47 Å². The van der Waals surface area contributed by atoms with E-state index in [0.29, 0.717) is 6.54 Å². The molecule has 1 amide bonds. The molecule has 0 aliphatic carbocycles. The monoisotopic (exact) mass is 302 g/mol. The molecule has 3 aromatic heterocycles. The Morgan fingerprint density at radius 2 is 2.05 bits per heavy atom. The van der Waals surface area contributed by atoms with Crippen LogP contribution in [0.1, 0.15) is 15.2 Å². The van der Waals surface area contributed by atoms with E-state index in [9.17, 15) is 4.79 Å². The van der Waals surface area contributed by atoms with Crippen molar-refractivity contribution in [2.45, 2.75) is 6.54 Å². The normalized spacial score (nSPS) is 10.7. The molecule has 0 N–H and O–H groups in total. The quantitative estimate of drug-likeness (QED) is 0.718. The highest BCUT2D eigenvalue weighted by molar-refractivity contribution is 7.12. The molecular formula is C15H14N2OS2. The van der Waals surface area contributed by atoms with E-state index in [-0.39, 0.29) is 5.91 Å². The Labute approximate surface area is 125 Å². The number of amides is 1. The van der Waals surface area contributed by atoms with Crippen molar-refractivity contribution in [1.29, 1.82) is 0 Å². The summed E-state index contributed by atoms with van der Waals surface area (Å²) in [5.41, 5.74) is 2.12. The second-order valence-corrected chi connectivity index (χ2v) is 6.21. The first-order valence-electron chi connectivity index (χ1n) is 6.23. The van der Waals surface area contributed by atoms with Crippen LogP contribution in [0.15, 0.2) is 52.8 Å². The molecule has 0 bridgehead atoms. The average molecular weight is 302 g/mol. The summed E-state index contributed by atoms with van der Waals surface area (Å²) in [4.78, 5) is 15.1. The Balaban J connectivity index is 1.82. The predicted octanol–water partition coefficient (Wildman–Crippen LogP) is 3.87. The van der Waals surface area contributed by atoms with E-state index in [1.165, 1.54) is 16.9 Å². The van der Waals surface area contributed by atoms with Crippen LogP contribution in [-0.2, 0) is 6.54 Å². The summed E-state index contributed by atoms with van der Waals surface area (Å²) in [5.74, 6) is 0.0647. The maximum absolute atomic E-state index is 12.6. The third-order valence-corrected chi connectivity index (χ3v) is 4.69. The van der Waals surface area contributed by atoms with Gasteiger partial charge in [0.25, 0.3) is 5.91 Å². The van der Waals surface area contributed by atoms with Crippen LogP contribution in [0.5, 0.6) is 0 Å². The molecule has 0 unspecified atom stereocenters. The van der Waals surface area contributed by atoms with Gasteiger partial charge in [-0.1, -0.05) is 0 Å². The lowest BCUT2D eigenvalue weighted by Gasteiger charge is -2.16. The number of carbonyl (C=O) groups is 1. The van der Waals surface area contributed by atoms with Crippen LogP contribution in [0.25, 0.3) is 5.69 Å². The van der Waals surface area contributed by atoms with Gasteiger partial charge in [-0.15, -0.1) is 11.3 Å². The molecule has 0 saturated carbocycles. The van der Waals surface area contributed by atoms with E-state index in [1.54, 1.807) is 16.2 Å². The first-order chi connectivity index (χ1) is 9.75. The van der Waals surface area contributed by atoms with Crippen LogP contribution in [0.3, 0.4) is 0 Å². The lowest BCUT2D eigenvalue weighted by molar-refractivity contribution is 0.0790. The van der Waals surface area contributed by atoms with Gasteiger partial charge in [-0.3, -0.25) is 4.79 Å². The number of nitrogens with zero attached hydrogens (tertiary/aromatic N) is 2. The van der Waals surface area contributed by atoms with Crippen LogP contribution in [0.2, 0.25) is 0 Å². The molecule has 0 fully saturated rings. The third-order valence-electron chi connectivity index (χ3n) is 3.07. The maximum Gasteiger partial charge on any atom is 0.266 e. The second-order valence-electron chi connectivity index (χ2n) is 4.52. The van der Waals surface area contributed by atoms with Gasteiger partial charge in [0.05, 0.1) is 5.69 Å². The summed E-state index contributed by atoms with van der Waals surface area (Å²) >= 11 is 3.14. The summed E-state index contributed by atoms with van der Waals surface area (Å²) in [5, 5.41) is 6.07. The van der Waals surface area contributed by atoms with Gasteiger partial charge in [-0.05, 0) is 46.0 Å². The first-order valence-corrected chi connectivity index (χ1v) is 8.05. The molecule has 102 valence electrons. The lowest BCUT2D eigenvalue weighted by Crippen LogP contribution is -2.26. The van der Waals surface area contributed by atoms with Crippen molar-refractivity contribution in [3.63, 3.8) is 0 Å². The summed E-state index contributed by atoms with van der Waals surface area (Å²) < 4.78 is 1.97. The van der Waals surface area contributed by atoms with E-state index in [4.69, 9.17) is 0 Å². The van der Waals surface area contributed by atoms with Crippen LogP contribution >= 0.6 is 22.7 Å². The molecule has 3 aromatic rings. The minimum Gasteiger partial charge on any atom is -0.337 e. The fourth-order valence-electron chi connectivity index (χ4n) is 2.06. The van der Waals surface area contributed by atoms with Gasteiger partial charge in [0.15, 0.2) is 0 Å². The Hall–Kier alpha value is -1.85. The highest BCUT2D eigenvalue weighted by Gasteiger charge is 2.18. The lowest BCUT2D eigenvalue weighted by atomic mass is 10.3. The van der Waals surface area contributed by atoms with E-state index < -0.39 is 0 Å². The van der Waals surface area contributed by atoms with Gasteiger partial charge in [-0.2, -0.15) is 11.3 Å². The zero-order valence-electron chi connectivity index (χ0n) is 11.0. The van der Waals surface area contributed by atoms with Crippen molar-refractivity contribution in [2.24, 2.45) is 0 Å². The van der Waals surface area contributed by atoms with Crippen molar-refractivity contribution in [3.05, 3.63) is 63.2 Å². The van der Waals surface area contributed by atoms with Gasteiger partial charge in [0, 0.05) is 26.0 Å². The molecule has 0 aliphatic heterocycles. The fraction of sp³-hybridized carbons (Fsp3) is 0.133. The molecule has 3 rings (SSSR count). The summed E-state index contributed by atoms with van der Waals surface area (Å²) in [6.07, 6.45) is 3.91. The highest BCUT2D eigenvalue weighted by atomic mass is 32.1. The molecule has 0 aliphatic rings. The van der Waals surface area contributed by atoms with E-state index in [1.807, 2.05) is 53.0 Å². The van der Waals surface area contributed by atoms with Crippen molar-refractivity contribution >= 4 is 28.6 Å². The predicted molar refractivity (Wildman–Crippen MR) is 83.8 cm³/mol. The molecule has 0 radical (unpaired) electrons. The Bertz CT molecular complexity index is 683. The van der Waals surface area contributed by atoms with Gasteiger partial charge in [0.2, 0.25) is 0 Å². The van der Waals surface area contributed by atoms with Crippen LogP contribution in [-0.4, -0.2) is 22.4 Å². The molecule has 0 spiro atoms. The van der Waals surface area contributed by atoms with Crippen molar-refractivity contribution in [2.75, 3.05) is 7.05 Å². The Kier molecular flexibility index (Phi) is 3.71.